The molecule has 0 radical (unpaired) electrons. The summed E-state index contributed by atoms with van der Waals surface area (Å²) in [6, 6.07) is 6.56. The number of rotatable bonds is 4. The molecule has 8 nitrogen and oxygen atoms in total. The molecule has 1 amide bonds. The number of para-hydroxylation sites is 2. The van der Waals surface area contributed by atoms with E-state index >= 15 is 0 Å². The van der Waals surface area contributed by atoms with Crippen LogP contribution in [0.15, 0.2) is 24.3 Å². The van der Waals surface area contributed by atoms with Gasteiger partial charge >= 0.3 is 5.97 Å². The van der Waals surface area contributed by atoms with Gasteiger partial charge in [0.25, 0.3) is 5.91 Å². The summed E-state index contributed by atoms with van der Waals surface area (Å²) in [5.74, 6) is -0.163. The van der Waals surface area contributed by atoms with Crippen molar-refractivity contribution in [2.75, 3.05) is 25.2 Å². The van der Waals surface area contributed by atoms with Gasteiger partial charge in [0.05, 0.1) is 11.5 Å². The fraction of sp³-hybridized carbons (Fsp3) is 0.529. The van der Waals surface area contributed by atoms with Crippen molar-refractivity contribution in [2.45, 2.75) is 31.6 Å². The number of hydrogen-bond acceptors (Lipinski definition) is 7. The van der Waals surface area contributed by atoms with E-state index < -0.39 is 40.0 Å². The van der Waals surface area contributed by atoms with E-state index in [0.29, 0.717) is 17.9 Å². The molecule has 1 aromatic carbocycles. The van der Waals surface area contributed by atoms with Crippen LogP contribution in [-0.2, 0) is 24.2 Å². The van der Waals surface area contributed by atoms with E-state index in [1.165, 1.54) is 18.9 Å². The minimum absolute atomic E-state index is 0.00648. The van der Waals surface area contributed by atoms with E-state index in [1.54, 1.807) is 24.3 Å². The summed E-state index contributed by atoms with van der Waals surface area (Å²) in [6.45, 7) is 1.45. The van der Waals surface area contributed by atoms with Gasteiger partial charge in [-0.15, -0.1) is 0 Å². The molecule has 0 N–H and O–H groups in total. The highest BCUT2D eigenvalue weighted by molar-refractivity contribution is 7.91. The quantitative estimate of drug-likeness (QED) is 0.694. The predicted octanol–water partition coefficient (Wildman–Crippen LogP) is 0.404. The third kappa shape index (κ3) is 3.92. The topological polar surface area (TPSA) is 99.2 Å². The van der Waals surface area contributed by atoms with Gasteiger partial charge in [-0.3, -0.25) is 4.79 Å². The molecule has 1 saturated heterocycles. The number of benzene rings is 1. The minimum atomic E-state index is -3.11. The summed E-state index contributed by atoms with van der Waals surface area (Å²) >= 11 is 0. The van der Waals surface area contributed by atoms with Gasteiger partial charge in [-0.1, -0.05) is 12.1 Å². The first kappa shape index (κ1) is 18.5. The van der Waals surface area contributed by atoms with Gasteiger partial charge in [0.1, 0.15) is 6.61 Å². The van der Waals surface area contributed by atoms with Crippen molar-refractivity contribution < 1.29 is 32.2 Å². The lowest BCUT2D eigenvalue weighted by atomic mass is 10.2. The molecule has 2 aliphatic rings. The third-order valence-corrected chi connectivity index (χ3v) is 6.27. The van der Waals surface area contributed by atoms with Crippen LogP contribution in [0.3, 0.4) is 0 Å². The zero-order valence-electron chi connectivity index (χ0n) is 14.6. The Morgan fingerprint density at radius 1 is 1.27 bits per heavy atom. The summed E-state index contributed by atoms with van der Waals surface area (Å²) in [6.07, 6.45) is -1.62. The van der Waals surface area contributed by atoms with Crippen LogP contribution in [-0.4, -0.2) is 68.6 Å². The smallest absolute Gasteiger partial charge is 0.351 e. The summed E-state index contributed by atoms with van der Waals surface area (Å²) in [5, 5.41) is 0. The van der Waals surface area contributed by atoms with E-state index in [4.69, 9.17) is 14.2 Å². The van der Waals surface area contributed by atoms with Crippen LogP contribution in [0.5, 0.6) is 11.5 Å². The number of carbonyl (C=O) groups is 2. The van der Waals surface area contributed by atoms with Crippen LogP contribution in [0.1, 0.15) is 13.3 Å². The number of carbonyl (C=O) groups excluding carboxylic acids is 2. The van der Waals surface area contributed by atoms with Gasteiger partial charge < -0.3 is 19.1 Å². The standard InChI is InChI=1S/C17H21NO7S/c1-11(16(19)18(2)12-7-8-26(21,22)10-12)24-17(20)15-9-23-13-5-3-4-6-14(13)25-15/h3-6,11-12,15H,7-10H2,1-2H3/t11-,12+,15-/m0/s1. The lowest BCUT2D eigenvalue weighted by molar-refractivity contribution is -0.166. The van der Waals surface area contributed by atoms with Crippen LogP contribution >= 0.6 is 0 Å². The molecule has 2 aliphatic heterocycles. The molecule has 26 heavy (non-hydrogen) atoms. The molecule has 0 unspecified atom stereocenters. The Hall–Kier alpha value is -2.29. The Kier molecular flexibility index (Phi) is 5.08. The molecule has 0 bridgehead atoms. The van der Waals surface area contributed by atoms with Crippen LogP contribution in [0.2, 0.25) is 0 Å². The maximum Gasteiger partial charge on any atom is 0.351 e. The van der Waals surface area contributed by atoms with Gasteiger partial charge in [0.2, 0.25) is 6.10 Å². The largest absolute Gasteiger partial charge is 0.485 e. The van der Waals surface area contributed by atoms with Crippen molar-refractivity contribution in [3.8, 4) is 11.5 Å². The first-order valence-corrected chi connectivity index (χ1v) is 10.1. The molecular weight excluding hydrogens is 362 g/mol. The number of hydrogen-bond donors (Lipinski definition) is 0. The maximum absolute atomic E-state index is 12.4. The summed E-state index contributed by atoms with van der Waals surface area (Å²) in [4.78, 5) is 26.1. The molecule has 0 aromatic heterocycles. The second-order valence-corrected chi connectivity index (χ2v) is 8.68. The van der Waals surface area contributed by atoms with E-state index in [9.17, 15) is 18.0 Å². The van der Waals surface area contributed by atoms with Crippen molar-refractivity contribution in [3.63, 3.8) is 0 Å². The van der Waals surface area contributed by atoms with Crippen molar-refractivity contribution in [2.24, 2.45) is 0 Å². The Morgan fingerprint density at radius 3 is 2.62 bits per heavy atom. The monoisotopic (exact) mass is 383 g/mol. The Bertz CT molecular complexity index is 807. The molecular formula is C17H21NO7S. The van der Waals surface area contributed by atoms with Gasteiger partial charge in [0.15, 0.2) is 27.4 Å². The first-order chi connectivity index (χ1) is 12.3. The fourth-order valence-corrected chi connectivity index (χ4v) is 4.76. The Morgan fingerprint density at radius 2 is 1.96 bits per heavy atom. The zero-order valence-corrected chi connectivity index (χ0v) is 15.4. The SMILES string of the molecule is C[C@H](OC(=O)[C@@H]1COc2ccccc2O1)C(=O)N(C)[C@@H]1CCS(=O)(=O)C1. The lowest BCUT2D eigenvalue weighted by Crippen LogP contribution is -2.46. The van der Waals surface area contributed by atoms with E-state index in [1.807, 2.05) is 0 Å². The molecule has 3 atom stereocenters. The normalized spacial score (nSPS) is 24.5. The molecule has 0 aliphatic carbocycles. The molecule has 142 valence electrons. The van der Waals surface area contributed by atoms with Crippen molar-refractivity contribution in [1.82, 2.24) is 4.90 Å². The third-order valence-electron chi connectivity index (χ3n) is 4.52. The van der Waals surface area contributed by atoms with Crippen LogP contribution in [0, 0.1) is 0 Å². The fourth-order valence-electron chi connectivity index (χ4n) is 2.98. The average Bonchev–Trinajstić information content (AvgIpc) is 2.99. The first-order valence-electron chi connectivity index (χ1n) is 8.33. The van der Waals surface area contributed by atoms with Crippen LogP contribution in [0.25, 0.3) is 0 Å². The molecule has 2 heterocycles. The molecule has 9 heteroatoms. The second-order valence-electron chi connectivity index (χ2n) is 6.45. The number of esters is 1. The van der Waals surface area contributed by atoms with Crippen LogP contribution in [0.4, 0.5) is 0 Å². The number of nitrogens with zero attached hydrogens (tertiary/aromatic N) is 1. The number of fused-ring (bicyclic) bond motifs is 1. The van der Waals surface area contributed by atoms with Crippen molar-refractivity contribution in [3.05, 3.63) is 24.3 Å². The lowest BCUT2D eigenvalue weighted by Gasteiger charge is -2.28. The predicted molar refractivity (Wildman–Crippen MR) is 91.7 cm³/mol. The Balaban J connectivity index is 1.56. The number of amides is 1. The second kappa shape index (κ2) is 7.14. The molecule has 1 aromatic rings. The molecule has 0 spiro atoms. The van der Waals surface area contributed by atoms with Crippen LogP contribution < -0.4 is 9.47 Å². The number of sulfone groups is 1. The van der Waals surface area contributed by atoms with E-state index in [0.717, 1.165) is 0 Å². The maximum atomic E-state index is 12.4. The molecule has 3 rings (SSSR count). The zero-order chi connectivity index (χ0) is 18.9. The number of likely N-dealkylation sites (N-methyl/N-ethyl adjacent to an activating group) is 1. The van der Waals surface area contributed by atoms with Crippen molar-refractivity contribution >= 4 is 21.7 Å². The van der Waals surface area contributed by atoms with Gasteiger partial charge in [-0.25, -0.2) is 13.2 Å². The van der Waals surface area contributed by atoms with E-state index in [-0.39, 0.29) is 18.1 Å². The average molecular weight is 383 g/mol. The summed E-state index contributed by atoms with van der Waals surface area (Å²) < 4.78 is 39.4. The summed E-state index contributed by atoms with van der Waals surface area (Å²) in [7, 11) is -1.58. The summed E-state index contributed by atoms with van der Waals surface area (Å²) in [5.41, 5.74) is 0. The highest BCUT2D eigenvalue weighted by Crippen LogP contribution is 2.31. The van der Waals surface area contributed by atoms with Gasteiger partial charge in [0, 0.05) is 13.1 Å². The Labute approximate surface area is 151 Å². The van der Waals surface area contributed by atoms with Gasteiger partial charge in [-0.2, -0.15) is 0 Å². The highest BCUT2D eigenvalue weighted by atomic mass is 32.2. The highest BCUT2D eigenvalue weighted by Gasteiger charge is 2.36. The van der Waals surface area contributed by atoms with Gasteiger partial charge in [-0.05, 0) is 25.5 Å². The molecule has 1 fully saturated rings. The molecule has 0 saturated carbocycles. The van der Waals surface area contributed by atoms with Crippen molar-refractivity contribution in [1.29, 1.82) is 0 Å². The van der Waals surface area contributed by atoms with E-state index in [2.05, 4.69) is 0 Å². The number of ether oxygens (including phenoxy) is 3. The minimum Gasteiger partial charge on any atom is -0.485 e.